The van der Waals surface area contributed by atoms with Crippen LogP contribution < -0.4 is 10.1 Å². The molecule has 0 spiro atoms. The van der Waals surface area contributed by atoms with Gasteiger partial charge in [0.15, 0.2) is 0 Å². The Morgan fingerprint density at radius 2 is 2.08 bits per heavy atom. The topological polar surface area (TPSA) is 77.1 Å². The smallest absolute Gasteiger partial charge is 0.315 e. The molecule has 7 nitrogen and oxygen atoms in total. The minimum Gasteiger partial charge on any atom is -0.497 e. The fourth-order valence-electron chi connectivity index (χ4n) is 3.85. The molecule has 0 bridgehead atoms. The van der Waals surface area contributed by atoms with Gasteiger partial charge in [-0.3, -0.25) is 14.5 Å². The summed E-state index contributed by atoms with van der Waals surface area (Å²) in [6, 6.07) is 7.81. The number of methoxy groups -OCH3 is 2. The lowest BCUT2D eigenvalue weighted by Gasteiger charge is -2.23. The second kappa shape index (κ2) is 8.05. The van der Waals surface area contributed by atoms with E-state index in [1.54, 1.807) is 7.11 Å². The molecular weight excluding hydrogens is 336 g/mol. The number of ether oxygens (including phenoxy) is 3. The summed E-state index contributed by atoms with van der Waals surface area (Å²) in [7, 11) is 3.04. The van der Waals surface area contributed by atoms with Gasteiger partial charge < -0.3 is 19.5 Å². The number of nitrogens with one attached hydrogen (secondary N) is 1. The molecule has 1 amide bonds. The molecule has 0 unspecified atom stereocenters. The van der Waals surface area contributed by atoms with Gasteiger partial charge in [0.05, 0.1) is 34.0 Å². The molecule has 3 rings (SSSR count). The summed E-state index contributed by atoms with van der Waals surface area (Å²) in [5, 5.41) is 2.95. The molecule has 2 aliphatic rings. The van der Waals surface area contributed by atoms with Crippen molar-refractivity contribution in [1.82, 2.24) is 10.2 Å². The number of nitrogens with zero attached hydrogens (tertiary/aromatic N) is 1. The highest BCUT2D eigenvalue weighted by atomic mass is 16.5. The Morgan fingerprint density at radius 1 is 1.31 bits per heavy atom. The molecule has 2 atom stereocenters. The average Bonchev–Trinajstić information content (AvgIpc) is 3.19. The highest BCUT2D eigenvalue weighted by molar-refractivity contribution is 5.80. The fourth-order valence-corrected chi connectivity index (χ4v) is 3.85. The van der Waals surface area contributed by atoms with E-state index in [0.717, 1.165) is 17.7 Å². The maximum atomic E-state index is 12.2. The standard InChI is InChI=1S/C19H26N2O5/c1-24-16-5-3-14(4-6-16)7-8-20-17(22)10-21-9-15-11-26-13-19(15,12-21)18(23)25-2/h3-6,15H,7-13H2,1-2H3,(H,20,22)/t15-,19-/m0/s1. The van der Waals surface area contributed by atoms with Crippen molar-refractivity contribution in [2.24, 2.45) is 11.3 Å². The van der Waals surface area contributed by atoms with Crippen LogP contribution in [-0.2, 0) is 25.5 Å². The zero-order chi connectivity index (χ0) is 18.6. The quantitative estimate of drug-likeness (QED) is 0.711. The van der Waals surface area contributed by atoms with Gasteiger partial charge >= 0.3 is 5.97 Å². The molecule has 0 saturated carbocycles. The van der Waals surface area contributed by atoms with Crippen LogP contribution in [0.3, 0.4) is 0 Å². The van der Waals surface area contributed by atoms with Crippen molar-refractivity contribution in [1.29, 1.82) is 0 Å². The molecule has 0 aliphatic carbocycles. The third kappa shape index (κ3) is 3.83. The summed E-state index contributed by atoms with van der Waals surface area (Å²) in [6.07, 6.45) is 0.762. The molecule has 1 aromatic carbocycles. The lowest BCUT2D eigenvalue weighted by atomic mass is 9.81. The van der Waals surface area contributed by atoms with Crippen LogP contribution in [0, 0.1) is 11.3 Å². The SMILES string of the molecule is COC(=O)[C@@]12COC[C@@H]1CN(CC(=O)NCCc1ccc(OC)cc1)C2. The third-order valence-electron chi connectivity index (χ3n) is 5.30. The fraction of sp³-hybridized carbons (Fsp3) is 0.579. The molecule has 142 valence electrons. The molecule has 26 heavy (non-hydrogen) atoms. The molecule has 1 N–H and O–H groups in total. The minimum absolute atomic E-state index is 0.0283. The summed E-state index contributed by atoms with van der Waals surface area (Å²) < 4.78 is 15.6. The van der Waals surface area contributed by atoms with Gasteiger partial charge in [-0.15, -0.1) is 0 Å². The van der Waals surface area contributed by atoms with Crippen molar-refractivity contribution in [3.05, 3.63) is 29.8 Å². The molecule has 7 heteroatoms. The van der Waals surface area contributed by atoms with Gasteiger partial charge in [-0.2, -0.15) is 0 Å². The van der Waals surface area contributed by atoms with E-state index in [2.05, 4.69) is 5.32 Å². The molecular formula is C19H26N2O5. The van der Waals surface area contributed by atoms with Crippen LogP contribution in [0.1, 0.15) is 5.56 Å². The first-order chi connectivity index (χ1) is 12.6. The Morgan fingerprint density at radius 3 is 2.77 bits per heavy atom. The maximum Gasteiger partial charge on any atom is 0.315 e. The average molecular weight is 362 g/mol. The highest BCUT2D eigenvalue weighted by Gasteiger charge is 2.56. The summed E-state index contributed by atoms with van der Waals surface area (Å²) in [5.41, 5.74) is 0.529. The zero-order valence-corrected chi connectivity index (χ0v) is 15.3. The normalized spacial score (nSPS) is 24.9. The number of hydrogen-bond acceptors (Lipinski definition) is 6. The Balaban J connectivity index is 1.44. The van der Waals surface area contributed by atoms with E-state index < -0.39 is 5.41 Å². The first-order valence-electron chi connectivity index (χ1n) is 8.85. The number of benzene rings is 1. The van der Waals surface area contributed by atoms with Crippen LogP contribution >= 0.6 is 0 Å². The molecule has 2 fully saturated rings. The van der Waals surface area contributed by atoms with E-state index in [0.29, 0.717) is 32.8 Å². The van der Waals surface area contributed by atoms with Gasteiger partial charge in [-0.25, -0.2) is 0 Å². The van der Waals surface area contributed by atoms with Gasteiger partial charge in [-0.05, 0) is 24.1 Å². The lowest BCUT2D eigenvalue weighted by Crippen LogP contribution is -2.42. The number of rotatable bonds is 7. The largest absolute Gasteiger partial charge is 0.497 e. The van der Waals surface area contributed by atoms with Gasteiger partial charge in [0.25, 0.3) is 0 Å². The van der Waals surface area contributed by atoms with E-state index in [9.17, 15) is 9.59 Å². The molecule has 1 aromatic rings. The van der Waals surface area contributed by atoms with Crippen LogP contribution in [0.25, 0.3) is 0 Å². The van der Waals surface area contributed by atoms with Crippen molar-refractivity contribution >= 4 is 11.9 Å². The van der Waals surface area contributed by atoms with Crippen molar-refractivity contribution in [3.63, 3.8) is 0 Å². The zero-order valence-electron chi connectivity index (χ0n) is 15.3. The number of fused-ring (bicyclic) bond motifs is 1. The summed E-state index contributed by atoms with van der Waals surface area (Å²) in [6.45, 7) is 2.98. The predicted octanol–water partition coefficient (Wildman–Crippen LogP) is 0.475. The number of amides is 1. The van der Waals surface area contributed by atoms with Crippen LogP contribution in [0.15, 0.2) is 24.3 Å². The van der Waals surface area contributed by atoms with E-state index in [1.807, 2.05) is 29.2 Å². The van der Waals surface area contributed by atoms with E-state index in [1.165, 1.54) is 7.11 Å². The maximum absolute atomic E-state index is 12.2. The molecule has 2 aliphatic heterocycles. The predicted molar refractivity (Wildman–Crippen MR) is 94.9 cm³/mol. The lowest BCUT2D eigenvalue weighted by molar-refractivity contribution is -0.153. The number of carbonyl (C=O) groups is 2. The van der Waals surface area contributed by atoms with Gasteiger partial charge in [0, 0.05) is 25.6 Å². The number of esters is 1. The van der Waals surface area contributed by atoms with Gasteiger partial charge in [0.2, 0.25) is 5.91 Å². The molecule has 0 radical (unpaired) electrons. The monoisotopic (exact) mass is 362 g/mol. The Hall–Kier alpha value is -2.12. The first kappa shape index (κ1) is 18.7. The Bertz CT molecular complexity index is 648. The number of carbonyl (C=O) groups excluding carboxylic acids is 2. The number of hydrogen-bond donors (Lipinski definition) is 1. The van der Waals surface area contributed by atoms with Crippen molar-refractivity contribution in [3.8, 4) is 5.75 Å². The Labute approximate surface area is 153 Å². The van der Waals surface area contributed by atoms with E-state index in [-0.39, 0.29) is 24.3 Å². The number of likely N-dealkylation sites (tertiary alicyclic amines) is 1. The van der Waals surface area contributed by atoms with E-state index in [4.69, 9.17) is 14.2 Å². The summed E-state index contributed by atoms with van der Waals surface area (Å²) in [5.74, 6) is 0.657. The molecule has 2 saturated heterocycles. The van der Waals surface area contributed by atoms with Crippen molar-refractivity contribution in [2.75, 3.05) is 53.6 Å². The van der Waals surface area contributed by atoms with E-state index >= 15 is 0 Å². The third-order valence-corrected chi connectivity index (χ3v) is 5.30. The van der Waals surface area contributed by atoms with Gasteiger partial charge in [0.1, 0.15) is 11.2 Å². The van der Waals surface area contributed by atoms with Crippen LogP contribution in [0.4, 0.5) is 0 Å². The highest BCUT2D eigenvalue weighted by Crippen LogP contribution is 2.42. The first-order valence-corrected chi connectivity index (χ1v) is 8.85. The summed E-state index contributed by atoms with van der Waals surface area (Å²) >= 11 is 0. The van der Waals surface area contributed by atoms with Crippen LogP contribution in [-0.4, -0.2) is 70.4 Å². The van der Waals surface area contributed by atoms with Crippen molar-refractivity contribution < 1.29 is 23.8 Å². The second-order valence-corrected chi connectivity index (χ2v) is 6.98. The second-order valence-electron chi connectivity index (χ2n) is 6.98. The summed E-state index contributed by atoms with van der Waals surface area (Å²) in [4.78, 5) is 26.4. The van der Waals surface area contributed by atoms with Gasteiger partial charge in [-0.1, -0.05) is 12.1 Å². The van der Waals surface area contributed by atoms with Crippen molar-refractivity contribution in [2.45, 2.75) is 6.42 Å². The molecule has 0 aromatic heterocycles. The Kier molecular flexibility index (Phi) is 5.78. The minimum atomic E-state index is -0.613. The van der Waals surface area contributed by atoms with Crippen LogP contribution in [0.2, 0.25) is 0 Å². The van der Waals surface area contributed by atoms with Crippen LogP contribution in [0.5, 0.6) is 5.75 Å². The molecule has 2 heterocycles.